The van der Waals surface area contributed by atoms with Crippen LogP contribution in [0.1, 0.15) is 17.3 Å². The highest BCUT2D eigenvalue weighted by atomic mass is 35.5. The monoisotopic (exact) mass is 368 g/mol. The minimum atomic E-state index is -0.539. The summed E-state index contributed by atoms with van der Waals surface area (Å²) < 4.78 is 10.2. The summed E-state index contributed by atoms with van der Waals surface area (Å²) in [5.41, 5.74) is 0.800. The van der Waals surface area contributed by atoms with E-state index in [1.54, 1.807) is 31.5 Å². The molecule has 0 aliphatic carbocycles. The topological polar surface area (TPSA) is 77.5 Å². The summed E-state index contributed by atoms with van der Waals surface area (Å²) in [6.45, 7) is 1.64. The van der Waals surface area contributed by atoms with Crippen LogP contribution in [0.5, 0.6) is 5.75 Å². The number of anilines is 1. The predicted octanol–water partition coefficient (Wildman–Crippen LogP) is 3.58. The van der Waals surface area contributed by atoms with Crippen LogP contribution >= 0.6 is 23.2 Å². The van der Waals surface area contributed by atoms with E-state index in [-0.39, 0.29) is 40.5 Å². The number of rotatable bonds is 6. The number of hydrogen-bond acceptors (Lipinski definition) is 5. The van der Waals surface area contributed by atoms with Gasteiger partial charge < -0.3 is 14.8 Å². The quantitative estimate of drug-likeness (QED) is 0.788. The van der Waals surface area contributed by atoms with Gasteiger partial charge in [0, 0.05) is 18.1 Å². The van der Waals surface area contributed by atoms with Crippen LogP contribution in [0.15, 0.2) is 36.7 Å². The first-order valence-electron chi connectivity index (χ1n) is 7.00. The third-order valence-corrected chi connectivity index (χ3v) is 3.38. The number of esters is 1. The molecule has 0 aliphatic heterocycles. The van der Waals surface area contributed by atoms with Gasteiger partial charge in [0.1, 0.15) is 0 Å². The zero-order valence-electron chi connectivity index (χ0n) is 12.7. The number of benzene rings is 1. The molecule has 0 bridgehead atoms. The average molecular weight is 369 g/mol. The molecule has 24 heavy (non-hydrogen) atoms. The maximum atomic E-state index is 11.9. The lowest BCUT2D eigenvalue weighted by atomic mass is 10.2. The zero-order valence-corrected chi connectivity index (χ0v) is 14.2. The number of aromatic nitrogens is 1. The number of nitrogens with zero attached hydrogens (tertiary/aromatic N) is 1. The van der Waals surface area contributed by atoms with Crippen molar-refractivity contribution in [2.75, 3.05) is 18.5 Å². The van der Waals surface area contributed by atoms with E-state index in [1.807, 2.05) is 0 Å². The smallest absolute Gasteiger partial charge is 0.338 e. The fraction of sp³-hybridized carbons (Fsp3) is 0.188. The van der Waals surface area contributed by atoms with Crippen molar-refractivity contribution < 1.29 is 19.1 Å². The minimum Gasteiger partial charge on any atom is -0.481 e. The van der Waals surface area contributed by atoms with Gasteiger partial charge in [-0.1, -0.05) is 23.2 Å². The molecule has 0 radical (unpaired) electrons. The first-order valence-corrected chi connectivity index (χ1v) is 7.75. The predicted molar refractivity (Wildman–Crippen MR) is 90.8 cm³/mol. The highest BCUT2D eigenvalue weighted by Crippen LogP contribution is 2.34. The second-order valence-electron chi connectivity index (χ2n) is 4.56. The summed E-state index contributed by atoms with van der Waals surface area (Å²) in [5.74, 6) is -0.803. The lowest BCUT2D eigenvalue weighted by Crippen LogP contribution is -2.20. The molecule has 2 aromatic rings. The third kappa shape index (κ3) is 4.84. The fourth-order valence-corrected chi connectivity index (χ4v) is 2.40. The van der Waals surface area contributed by atoms with Crippen LogP contribution in [0.3, 0.4) is 0 Å². The minimum absolute atomic E-state index is 0.113. The molecule has 1 aromatic carbocycles. The van der Waals surface area contributed by atoms with Crippen molar-refractivity contribution >= 4 is 40.8 Å². The van der Waals surface area contributed by atoms with Crippen molar-refractivity contribution in [3.8, 4) is 5.75 Å². The number of nitrogens with one attached hydrogen (secondary N) is 1. The molecule has 1 aromatic heterocycles. The van der Waals surface area contributed by atoms with Gasteiger partial charge in [0.2, 0.25) is 0 Å². The Kier molecular flexibility index (Phi) is 6.40. The Morgan fingerprint density at radius 2 is 1.79 bits per heavy atom. The van der Waals surface area contributed by atoms with Crippen LogP contribution in [0, 0.1) is 0 Å². The molecule has 0 atom stereocenters. The molecule has 0 unspecified atom stereocenters. The van der Waals surface area contributed by atoms with Crippen LogP contribution in [0.4, 0.5) is 5.69 Å². The second kappa shape index (κ2) is 8.52. The molecule has 0 saturated heterocycles. The standard InChI is InChI=1S/C16H14Cl2N2O4/c1-2-23-16(22)10-7-12(17)15(13(18)8-10)24-9-14(21)20-11-3-5-19-6-4-11/h3-8H,2,9H2,1H3,(H,19,20,21). The number of halogens is 2. The van der Waals surface area contributed by atoms with Gasteiger partial charge in [0.05, 0.1) is 22.2 Å². The first kappa shape index (κ1) is 18.0. The molecule has 0 saturated carbocycles. The highest BCUT2D eigenvalue weighted by Gasteiger charge is 2.16. The van der Waals surface area contributed by atoms with E-state index in [2.05, 4.69) is 10.3 Å². The van der Waals surface area contributed by atoms with Crippen LogP contribution in [0.25, 0.3) is 0 Å². The molecule has 126 valence electrons. The van der Waals surface area contributed by atoms with Gasteiger partial charge in [-0.15, -0.1) is 0 Å². The Balaban J connectivity index is 2.02. The molecule has 0 fully saturated rings. The third-order valence-electron chi connectivity index (χ3n) is 2.82. The number of ether oxygens (including phenoxy) is 2. The molecule has 1 N–H and O–H groups in total. The van der Waals surface area contributed by atoms with Gasteiger partial charge in [-0.2, -0.15) is 0 Å². The second-order valence-corrected chi connectivity index (χ2v) is 5.38. The first-order chi connectivity index (χ1) is 11.5. The number of amides is 1. The SMILES string of the molecule is CCOC(=O)c1cc(Cl)c(OCC(=O)Nc2ccncc2)c(Cl)c1. The van der Waals surface area contributed by atoms with E-state index in [0.29, 0.717) is 5.69 Å². The maximum absolute atomic E-state index is 11.9. The van der Waals surface area contributed by atoms with Gasteiger partial charge in [0.15, 0.2) is 12.4 Å². The summed E-state index contributed by atoms with van der Waals surface area (Å²) in [4.78, 5) is 27.4. The van der Waals surface area contributed by atoms with Crippen LogP contribution in [-0.4, -0.2) is 30.1 Å². The summed E-state index contributed by atoms with van der Waals surface area (Å²) in [6, 6.07) is 6.04. The van der Waals surface area contributed by atoms with Crippen molar-refractivity contribution in [1.29, 1.82) is 0 Å². The van der Waals surface area contributed by atoms with E-state index in [4.69, 9.17) is 32.7 Å². The Bertz CT molecular complexity index is 715. The van der Waals surface area contributed by atoms with E-state index >= 15 is 0 Å². The van der Waals surface area contributed by atoms with Crippen molar-refractivity contribution in [1.82, 2.24) is 4.98 Å². The summed E-state index contributed by atoms with van der Waals surface area (Å²) in [6.07, 6.45) is 3.11. The van der Waals surface area contributed by atoms with Crippen LogP contribution in [0.2, 0.25) is 10.0 Å². The normalized spacial score (nSPS) is 10.1. The molecular formula is C16H14Cl2N2O4. The molecule has 1 amide bonds. The summed E-state index contributed by atoms with van der Waals surface area (Å²) >= 11 is 12.1. The van der Waals surface area contributed by atoms with Crippen LogP contribution < -0.4 is 10.1 Å². The van der Waals surface area contributed by atoms with Gasteiger partial charge in [-0.25, -0.2) is 4.79 Å². The molecule has 0 spiro atoms. The molecule has 0 aliphatic rings. The zero-order chi connectivity index (χ0) is 17.5. The molecule has 8 heteroatoms. The largest absolute Gasteiger partial charge is 0.481 e. The number of carbonyl (C=O) groups is 2. The Morgan fingerprint density at radius 1 is 1.17 bits per heavy atom. The Hall–Kier alpha value is -2.31. The van der Waals surface area contributed by atoms with E-state index in [9.17, 15) is 9.59 Å². The Labute approximate surface area is 148 Å². The lowest BCUT2D eigenvalue weighted by Gasteiger charge is -2.11. The van der Waals surface area contributed by atoms with Crippen molar-refractivity contribution in [2.45, 2.75) is 6.92 Å². The van der Waals surface area contributed by atoms with Crippen LogP contribution in [-0.2, 0) is 9.53 Å². The van der Waals surface area contributed by atoms with E-state index < -0.39 is 5.97 Å². The number of carbonyl (C=O) groups excluding carboxylic acids is 2. The molecule has 2 rings (SSSR count). The van der Waals surface area contributed by atoms with Crippen molar-refractivity contribution in [2.24, 2.45) is 0 Å². The van der Waals surface area contributed by atoms with E-state index in [1.165, 1.54) is 12.1 Å². The molecular weight excluding hydrogens is 355 g/mol. The maximum Gasteiger partial charge on any atom is 0.338 e. The van der Waals surface area contributed by atoms with Gasteiger partial charge in [-0.05, 0) is 31.2 Å². The van der Waals surface area contributed by atoms with Crippen molar-refractivity contribution in [3.05, 3.63) is 52.3 Å². The van der Waals surface area contributed by atoms with Gasteiger partial charge in [0.25, 0.3) is 5.91 Å². The van der Waals surface area contributed by atoms with Gasteiger partial charge >= 0.3 is 5.97 Å². The average Bonchev–Trinajstić information content (AvgIpc) is 2.55. The molecule has 1 heterocycles. The Morgan fingerprint density at radius 3 is 2.38 bits per heavy atom. The highest BCUT2D eigenvalue weighted by molar-refractivity contribution is 6.37. The lowest BCUT2D eigenvalue weighted by molar-refractivity contribution is -0.118. The van der Waals surface area contributed by atoms with E-state index in [0.717, 1.165) is 0 Å². The number of pyridine rings is 1. The van der Waals surface area contributed by atoms with Crippen molar-refractivity contribution in [3.63, 3.8) is 0 Å². The summed E-state index contributed by atoms with van der Waals surface area (Å²) in [5, 5.41) is 2.86. The summed E-state index contributed by atoms with van der Waals surface area (Å²) in [7, 11) is 0. The van der Waals surface area contributed by atoms with Gasteiger partial charge in [-0.3, -0.25) is 9.78 Å². The number of hydrogen-bond donors (Lipinski definition) is 1. The molecule has 6 nitrogen and oxygen atoms in total. The fourth-order valence-electron chi connectivity index (χ4n) is 1.80.